The first-order valence-corrected chi connectivity index (χ1v) is 11.4. The normalized spacial score (nSPS) is 24.1. The molecule has 0 unspecified atom stereocenters. The summed E-state index contributed by atoms with van der Waals surface area (Å²) in [7, 11) is 3.47. The molecule has 3 aromatic rings. The maximum atomic E-state index is 13.1. The number of carbonyl (C=O) groups is 1. The van der Waals surface area contributed by atoms with Crippen molar-refractivity contribution in [3.05, 3.63) is 46.5 Å². The summed E-state index contributed by atoms with van der Waals surface area (Å²) in [6, 6.07) is 5.66. The Hall–Kier alpha value is -3.40. The average molecular weight is 452 g/mol. The van der Waals surface area contributed by atoms with Crippen molar-refractivity contribution in [1.82, 2.24) is 24.5 Å². The van der Waals surface area contributed by atoms with Crippen LogP contribution in [0.3, 0.4) is 0 Å². The molecular weight excluding hydrogens is 422 g/mol. The van der Waals surface area contributed by atoms with Gasteiger partial charge in [0.25, 0.3) is 11.5 Å². The largest absolute Gasteiger partial charge is 0.381 e. The van der Waals surface area contributed by atoms with Gasteiger partial charge in [0.05, 0.1) is 12.3 Å². The molecule has 2 fully saturated rings. The summed E-state index contributed by atoms with van der Waals surface area (Å²) in [5.41, 5.74) is 1.13. The molecule has 0 aliphatic heterocycles. The first-order valence-electron chi connectivity index (χ1n) is 11.4. The summed E-state index contributed by atoms with van der Waals surface area (Å²) < 4.78 is 8.68. The highest BCUT2D eigenvalue weighted by Crippen LogP contribution is 2.33. The Morgan fingerprint density at radius 2 is 2.09 bits per heavy atom. The van der Waals surface area contributed by atoms with Crippen molar-refractivity contribution in [3.8, 4) is 0 Å². The van der Waals surface area contributed by atoms with Crippen LogP contribution in [0, 0.1) is 5.92 Å². The van der Waals surface area contributed by atoms with Gasteiger partial charge < -0.3 is 25.3 Å². The predicted octanol–water partition coefficient (Wildman–Crippen LogP) is 2.55. The standard InChI is InChI=1S/C23H29N7O3/c1-13-6-7-17(13)27-22(31)16-12-25-30-20(24-2)11-19(28-21(16)30)26-18-5-4-8-29(23(18)32)14-9-15(10-14)33-3/h4-5,8,11-15,17,24H,6-7,9-10H2,1-3H3,(H,26,28)(H,27,31)/t13-,14-,15+,17+/m1/s1. The zero-order chi connectivity index (χ0) is 23.1. The second-order valence-electron chi connectivity index (χ2n) is 8.95. The molecule has 0 saturated heterocycles. The Morgan fingerprint density at radius 1 is 1.27 bits per heavy atom. The predicted molar refractivity (Wildman–Crippen MR) is 125 cm³/mol. The van der Waals surface area contributed by atoms with E-state index in [1.54, 1.807) is 41.6 Å². The summed E-state index contributed by atoms with van der Waals surface area (Å²) >= 11 is 0. The van der Waals surface area contributed by atoms with Gasteiger partial charge in [-0.2, -0.15) is 9.61 Å². The van der Waals surface area contributed by atoms with Crippen molar-refractivity contribution in [1.29, 1.82) is 0 Å². The minimum absolute atomic E-state index is 0.116. The van der Waals surface area contributed by atoms with E-state index < -0.39 is 0 Å². The summed E-state index contributed by atoms with van der Waals surface area (Å²) in [6.07, 6.45) is 7.29. The smallest absolute Gasteiger partial charge is 0.274 e. The van der Waals surface area contributed by atoms with Crippen molar-refractivity contribution < 1.29 is 9.53 Å². The Balaban J connectivity index is 1.44. The Kier molecular flexibility index (Phi) is 5.53. The SMILES string of the molecule is CNc1cc(Nc2cccn([C@H]3C[C@@H](OC)C3)c2=O)nc2c(C(=O)N[C@H]3CC[C@H]3C)cnn12. The molecule has 0 bridgehead atoms. The molecule has 0 aromatic carbocycles. The van der Waals surface area contributed by atoms with Crippen molar-refractivity contribution in [2.75, 3.05) is 24.8 Å². The molecule has 2 atom stereocenters. The fourth-order valence-corrected chi connectivity index (χ4v) is 4.48. The number of fused-ring (bicyclic) bond motifs is 1. The highest BCUT2D eigenvalue weighted by molar-refractivity contribution is 6.00. The third-order valence-electron chi connectivity index (χ3n) is 6.94. The van der Waals surface area contributed by atoms with Crippen molar-refractivity contribution >= 4 is 28.9 Å². The molecule has 3 N–H and O–H groups in total. The number of anilines is 3. The van der Waals surface area contributed by atoms with Crippen LogP contribution in [0.2, 0.25) is 0 Å². The molecule has 1 amide bonds. The van der Waals surface area contributed by atoms with E-state index >= 15 is 0 Å². The second-order valence-corrected chi connectivity index (χ2v) is 8.95. The fourth-order valence-electron chi connectivity index (χ4n) is 4.48. The van der Waals surface area contributed by atoms with Crippen molar-refractivity contribution in [3.63, 3.8) is 0 Å². The maximum absolute atomic E-state index is 13.1. The molecule has 3 heterocycles. The molecular formula is C23H29N7O3. The van der Waals surface area contributed by atoms with Crippen LogP contribution in [-0.4, -0.2) is 51.4 Å². The zero-order valence-corrected chi connectivity index (χ0v) is 19.0. The van der Waals surface area contributed by atoms with Gasteiger partial charge in [-0.25, -0.2) is 4.98 Å². The van der Waals surface area contributed by atoms with Crippen LogP contribution in [0.15, 0.2) is 35.4 Å². The number of hydrogen-bond donors (Lipinski definition) is 3. The monoisotopic (exact) mass is 451 g/mol. The summed E-state index contributed by atoms with van der Waals surface area (Å²) in [4.78, 5) is 30.6. The lowest BCUT2D eigenvalue weighted by molar-refractivity contribution is 0.00522. The number of ether oxygens (including phenoxy) is 1. The van der Waals surface area contributed by atoms with E-state index in [9.17, 15) is 9.59 Å². The quantitative estimate of drug-likeness (QED) is 0.506. The first kappa shape index (κ1) is 21.4. The minimum Gasteiger partial charge on any atom is -0.381 e. The topological polar surface area (TPSA) is 115 Å². The van der Waals surface area contributed by atoms with E-state index in [4.69, 9.17) is 4.74 Å². The van der Waals surface area contributed by atoms with Gasteiger partial charge in [0.1, 0.15) is 22.9 Å². The summed E-state index contributed by atoms with van der Waals surface area (Å²) in [6.45, 7) is 2.13. The van der Waals surface area contributed by atoms with E-state index in [2.05, 4.69) is 33.0 Å². The van der Waals surface area contributed by atoms with E-state index in [0.29, 0.717) is 34.5 Å². The Bertz CT molecular complexity index is 1240. The number of nitrogens with one attached hydrogen (secondary N) is 3. The lowest BCUT2D eigenvalue weighted by Gasteiger charge is -2.35. The van der Waals surface area contributed by atoms with Gasteiger partial charge in [0.2, 0.25) is 0 Å². The number of nitrogens with zero attached hydrogens (tertiary/aromatic N) is 4. The molecule has 10 nitrogen and oxygen atoms in total. The lowest BCUT2D eigenvalue weighted by Crippen LogP contribution is -2.45. The van der Waals surface area contributed by atoms with Crippen LogP contribution in [0.5, 0.6) is 0 Å². The third-order valence-corrected chi connectivity index (χ3v) is 6.94. The first-order chi connectivity index (χ1) is 16.0. The van der Waals surface area contributed by atoms with Crippen LogP contribution in [0.4, 0.5) is 17.3 Å². The van der Waals surface area contributed by atoms with Crippen molar-refractivity contribution in [2.24, 2.45) is 5.92 Å². The fraction of sp³-hybridized carbons (Fsp3) is 0.478. The molecule has 0 spiro atoms. The number of rotatable bonds is 7. The maximum Gasteiger partial charge on any atom is 0.274 e. The van der Waals surface area contributed by atoms with Crippen molar-refractivity contribution in [2.45, 2.75) is 50.8 Å². The van der Waals surface area contributed by atoms with Crippen LogP contribution in [0.1, 0.15) is 49.0 Å². The third kappa shape index (κ3) is 3.84. The molecule has 2 aliphatic rings. The summed E-state index contributed by atoms with van der Waals surface area (Å²) in [5, 5.41) is 13.7. The van der Waals surface area contributed by atoms with E-state index in [0.717, 1.165) is 25.7 Å². The minimum atomic E-state index is -0.187. The Labute approximate surface area is 191 Å². The summed E-state index contributed by atoms with van der Waals surface area (Å²) in [5.74, 6) is 1.39. The van der Waals surface area contributed by atoms with Crippen LogP contribution in [0.25, 0.3) is 5.65 Å². The number of aromatic nitrogens is 4. The van der Waals surface area contributed by atoms with Gasteiger partial charge in [0.15, 0.2) is 5.65 Å². The Morgan fingerprint density at radius 3 is 2.76 bits per heavy atom. The average Bonchev–Trinajstić information content (AvgIpc) is 3.21. The van der Waals surface area contributed by atoms with Crippen LogP contribution >= 0.6 is 0 Å². The van der Waals surface area contributed by atoms with Crippen LogP contribution in [-0.2, 0) is 4.74 Å². The molecule has 5 rings (SSSR count). The number of hydrogen-bond acceptors (Lipinski definition) is 7. The number of methoxy groups -OCH3 is 1. The van der Waals surface area contributed by atoms with Gasteiger partial charge in [-0.05, 0) is 43.7 Å². The number of pyridine rings is 1. The van der Waals surface area contributed by atoms with E-state index in [1.807, 2.05) is 6.07 Å². The zero-order valence-electron chi connectivity index (χ0n) is 19.0. The van der Waals surface area contributed by atoms with Gasteiger partial charge in [0, 0.05) is 38.5 Å². The highest BCUT2D eigenvalue weighted by atomic mass is 16.5. The van der Waals surface area contributed by atoms with Gasteiger partial charge in [-0.1, -0.05) is 6.92 Å². The van der Waals surface area contributed by atoms with E-state index in [-0.39, 0.29) is 29.7 Å². The van der Waals surface area contributed by atoms with E-state index in [1.165, 1.54) is 6.20 Å². The molecule has 0 radical (unpaired) electrons. The second kappa shape index (κ2) is 8.51. The highest BCUT2D eigenvalue weighted by Gasteiger charge is 2.31. The molecule has 174 valence electrons. The molecule has 3 aromatic heterocycles. The number of carbonyl (C=O) groups excluding carboxylic acids is 1. The van der Waals surface area contributed by atoms with Gasteiger partial charge in [-0.3, -0.25) is 9.59 Å². The lowest BCUT2D eigenvalue weighted by atomic mass is 9.81. The number of amides is 1. The molecule has 33 heavy (non-hydrogen) atoms. The molecule has 10 heteroatoms. The van der Waals surface area contributed by atoms with Crippen LogP contribution < -0.4 is 21.5 Å². The van der Waals surface area contributed by atoms with Gasteiger partial charge in [-0.15, -0.1) is 0 Å². The van der Waals surface area contributed by atoms with Gasteiger partial charge >= 0.3 is 0 Å². The molecule has 2 saturated carbocycles. The molecule has 2 aliphatic carbocycles.